The molecule has 2 aromatic rings. The van der Waals surface area contributed by atoms with Crippen molar-refractivity contribution in [2.75, 3.05) is 25.1 Å². The van der Waals surface area contributed by atoms with Gasteiger partial charge in [-0.15, -0.1) is 0 Å². The van der Waals surface area contributed by atoms with Gasteiger partial charge in [0.15, 0.2) is 11.4 Å². The summed E-state index contributed by atoms with van der Waals surface area (Å²) in [5, 5.41) is 3.26. The van der Waals surface area contributed by atoms with E-state index < -0.39 is 0 Å². The van der Waals surface area contributed by atoms with E-state index in [1.807, 2.05) is 6.92 Å². The van der Waals surface area contributed by atoms with E-state index in [1.54, 1.807) is 19.2 Å². The van der Waals surface area contributed by atoms with Gasteiger partial charge in [-0.1, -0.05) is 6.07 Å². The minimum atomic E-state index is -0.359. The number of carbonyl (C=O) groups excluding carboxylic acids is 1. The Morgan fingerprint density at radius 2 is 2.19 bits per heavy atom. The van der Waals surface area contributed by atoms with Crippen molar-refractivity contribution in [1.29, 1.82) is 0 Å². The lowest BCUT2D eigenvalue weighted by Gasteiger charge is -2.36. The molecule has 6 nitrogen and oxygen atoms in total. The fourth-order valence-electron chi connectivity index (χ4n) is 4.10. The molecule has 1 saturated heterocycles. The van der Waals surface area contributed by atoms with Crippen LogP contribution in [0.4, 0.5) is 10.4 Å². The molecule has 1 atom stereocenters. The summed E-state index contributed by atoms with van der Waals surface area (Å²) in [6.07, 6.45) is 4.33. The Bertz CT molecular complexity index is 825. The lowest BCUT2D eigenvalue weighted by atomic mass is 9.87. The van der Waals surface area contributed by atoms with Crippen molar-refractivity contribution in [3.05, 3.63) is 24.0 Å². The Morgan fingerprint density at radius 1 is 1.44 bits per heavy atom. The van der Waals surface area contributed by atoms with Gasteiger partial charge in [0.1, 0.15) is 5.52 Å². The number of amides is 1. The van der Waals surface area contributed by atoms with Crippen LogP contribution < -0.4 is 10.2 Å². The number of rotatable bonds is 6. The van der Waals surface area contributed by atoms with E-state index in [1.165, 1.54) is 6.07 Å². The molecule has 2 heterocycles. The molecule has 2 fully saturated rings. The Morgan fingerprint density at radius 3 is 2.81 bits per heavy atom. The number of benzene rings is 1. The third kappa shape index (κ3) is 3.65. The molecule has 4 rings (SSSR count). The molecule has 1 saturated carbocycles. The number of halogens is 1. The normalized spacial score (nSPS) is 20.6. The number of carbonyl (C=O) groups is 1. The molecule has 7 heteroatoms. The van der Waals surface area contributed by atoms with Crippen LogP contribution in [-0.2, 0) is 9.53 Å². The quantitative estimate of drug-likeness (QED) is 0.839. The second kappa shape index (κ2) is 7.11. The summed E-state index contributed by atoms with van der Waals surface area (Å²) in [5.41, 5.74) is 0.711. The summed E-state index contributed by atoms with van der Waals surface area (Å²) < 4.78 is 24.8. The number of aromatic nitrogens is 1. The van der Waals surface area contributed by atoms with E-state index in [0.29, 0.717) is 23.9 Å². The van der Waals surface area contributed by atoms with Gasteiger partial charge in [0.05, 0.1) is 12.5 Å². The zero-order valence-corrected chi connectivity index (χ0v) is 15.8. The zero-order valence-electron chi connectivity index (χ0n) is 15.8. The van der Waals surface area contributed by atoms with Crippen molar-refractivity contribution in [2.45, 2.75) is 50.7 Å². The number of anilines is 1. The molecular formula is C20H26FN3O3. The maximum absolute atomic E-state index is 13.8. The first kappa shape index (κ1) is 18.2. The average Bonchev–Trinajstić information content (AvgIpc) is 3.30. The van der Waals surface area contributed by atoms with Crippen molar-refractivity contribution in [2.24, 2.45) is 5.92 Å². The molecule has 1 aromatic heterocycles. The van der Waals surface area contributed by atoms with E-state index in [4.69, 9.17) is 9.15 Å². The fourth-order valence-corrected chi connectivity index (χ4v) is 4.10. The van der Waals surface area contributed by atoms with Crippen LogP contribution >= 0.6 is 0 Å². The second-order valence-electron chi connectivity index (χ2n) is 7.80. The largest absolute Gasteiger partial charge is 0.423 e. The van der Waals surface area contributed by atoms with E-state index in [0.717, 1.165) is 38.8 Å². The van der Waals surface area contributed by atoms with Crippen molar-refractivity contribution in [3.8, 4) is 0 Å². The predicted molar refractivity (Wildman–Crippen MR) is 100 cm³/mol. The molecule has 1 aliphatic heterocycles. The minimum absolute atomic E-state index is 0.0515. The Balaban J connectivity index is 1.37. The number of oxazole rings is 1. The average molecular weight is 375 g/mol. The fraction of sp³-hybridized carbons (Fsp3) is 0.600. The van der Waals surface area contributed by atoms with Crippen LogP contribution in [-0.4, -0.2) is 42.7 Å². The van der Waals surface area contributed by atoms with Crippen LogP contribution in [0.2, 0.25) is 0 Å². The van der Waals surface area contributed by atoms with Crippen molar-refractivity contribution in [1.82, 2.24) is 10.3 Å². The van der Waals surface area contributed by atoms with Gasteiger partial charge in [-0.3, -0.25) is 4.79 Å². The summed E-state index contributed by atoms with van der Waals surface area (Å²) in [7, 11) is 1.62. The highest BCUT2D eigenvalue weighted by Gasteiger charge is 2.51. The molecule has 2 aliphatic rings. The van der Waals surface area contributed by atoms with E-state index in [-0.39, 0.29) is 28.9 Å². The summed E-state index contributed by atoms with van der Waals surface area (Å²) in [5.74, 6) is 0.165. The van der Waals surface area contributed by atoms with Gasteiger partial charge in [-0.25, -0.2) is 4.39 Å². The third-order valence-corrected chi connectivity index (χ3v) is 5.96. The molecule has 1 N–H and O–H groups in total. The smallest absolute Gasteiger partial charge is 0.298 e. The van der Waals surface area contributed by atoms with Crippen LogP contribution in [0.25, 0.3) is 11.1 Å². The lowest BCUT2D eigenvalue weighted by Crippen LogP contribution is -2.48. The van der Waals surface area contributed by atoms with Gasteiger partial charge in [0.2, 0.25) is 5.91 Å². The molecule has 1 aliphatic carbocycles. The Labute approximate surface area is 158 Å². The number of piperidine rings is 1. The maximum Gasteiger partial charge on any atom is 0.298 e. The molecule has 0 spiro atoms. The number of hydrogen-bond donors (Lipinski definition) is 1. The molecule has 1 unspecified atom stereocenters. The summed E-state index contributed by atoms with van der Waals surface area (Å²) in [6, 6.07) is 5.24. The topological polar surface area (TPSA) is 67.6 Å². The van der Waals surface area contributed by atoms with Crippen molar-refractivity contribution in [3.63, 3.8) is 0 Å². The van der Waals surface area contributed by atoms with Crippen molar-refractivity contribution < 1.29 is 18.3 Å². The van der Waals surface area contributed by atoms with Crippen molar-refractivity contribution >= 4 is 23.0 Å². The number of nitrogens with one attached hydrogen (secondary N) is 1. The number of ether oxygens (including phenoxy) is 1. The van der Waals surface area contributed by atoms with Gasteiger partial charge in [-0.2, -0.15) is 4.98 Å². The second-order valence-corrected chi connectivity index (χ2v) is 7.80. The van der Waals surface area contributed by atoms with Crippen LogP contribution in [0.5, 0.6) is 0 Å². The van der Waals surface area contributed by atoms with E-state index in [2.05, 4.69) is 15.2 Å². The van der Waals surface area contributed by atoms with Crippen LogP contribution in [0.1, 0.15) is 39.0 Å². The third-order valence-electron chi connectivity index (χ3n) is 5.96. The SMILES string of the molecule is COC(C)CC(=O)NC1(C2CCN(c3nc4c(F)cccc4o3)CC2)CC1. The van der Waals surface area contributed by atoms with Crippen LogP contribution in [0, 0.1) is 11.7 Å². The van der Waals surface area contributed by atoms with Crippen LogP contribution in [0.15, 0.2) is 22.6 Å². The number of para-hydroxylation sites is 1. The number of fused-ring (bicyclic) bond motifs is 1. The molecule has 1 aromatic carbocycles. The molecule has 27 heavy (non-hydrogen) atoms. The summed E-state index contributed by atoms with van der Waals surface area (Å²) in [4.78, 5) is 18.7. The van der Waals surface area contributed by atoms with E-state index >= 15 is 0 Å². The number of methoxy groups -OCH3 is 1. The van der Waals surface area contributed by atoms with E-state index in [9.17, 15) is 9.18 Å². The standard InChI is InChI=1S/C20H26FN3O3/c1-13(26-2)12-17(25)23-20(8-9-20)14-6-10-24(11-7-14)19-22-18-15(21)4-3-5-16(18)27-19/h3-5,13-14H,6-12H2,1-2H3,(H,23,25). The van der Waals surface area contributed by atoms with Gasteiger partial charge in [-0.05, 0) is 50.7 Å². The van der Waals surface area contributed by atoms with Gasteiger partial charge in [0.25, 0.3) is 6.01 Å². The highest BCUT2D eigenvalue weighted by atomic mass is 19.1. The van der Waals surface area contributed by atoms with Gasteiger partial charge in [0, 0.05) is 25.7 Å². The minimum Gasteiger partial charge on any atom is -0.423 e. The highest BCUT2D eigenvalue weighted by Crippen LogP contribution is 2.47. The Hall–Kier alpha value is -2.15. The van der Waals surface area contributed by atoms with Gasteiger partial charge < -0.3 is 19.4 Å². The highest BCUT2D eigenvalue weighted by molar-refractivity contribution is 5.78. The molecule has 1 amide bonds. The monoisotopic (exact) mass is 375 g/mol. The first-order chi connectivity index (χ1) is 13.0. The lowest BCUT2D eigenvalue weighted by molar-refractivity contribution is -0.124. The number of hydrogen-bond acceptors (Lipinski definition) is 5. The first-order valence-electron chi connectivity index (χ1n) is 9.64. The maximum atomic E-state index is 13.8. The molecular weight excluding hydrogens is 349 g/mol. The number of nitrogens with zero attached hydrogens (tertiary/aromatic N) is 2. The molecule has 146 valence electrons. The summed E-state index contributed by atoms with van der Waals surface area (Å²) >= 11 is 0. The Kier molecular flexibility index (Phi) is 4.80. The molecule has 0 radical (unpaired) electrons. The zero-order chi connectivity index (χ0) is 19.0. The van der Waals surface area contributed by atoms with Crippen LogP contribution in [0.3, 0.4) is 0 Å². The first-order valence-corrected chi connectivity index (χ1v) is 9.64. The summed E-state index contributed by atoms with van der Waals surface area (Å²) in [6.45, 7) is 3.50. The van der Waals surface area contributed by atoms with Gasteiger partial charge >= 0.3 is 0 Å². The molecule has 0 bridgehead atoms. The predicted octanol–water partition coefficient (Wildman–Crippen LogP) is 3.26.